The van der Waals surface area contributed by atoms with Gasteiger partial charge >= 0.3 is 0 Å². The number of hydrogen-bond donors (Lipinski definition) is 1. The molecule has 2 atom stereocenters. The Balaban J connectivity index is 1.53. The molecule has 31 heavy (non-hydrogen) atoms. The number of likely N-dealkylation sites (tertiary alicyclic amines) is 2. The minimum atomic E-state index is -0.881. The van der Waals surface area contributed by atoms with Crippen LogP contribution in [0.25, 0.3) is 0 Å². The van der Waals surface area contributed by atoms with Crippen molar-refractivity contribution in [1.82, 2.24) is 19.4 Å². The largest absolute Gasteiger partial charge is 0.336 e. The summed E-state index contributed by atoms with van der Waals surface area (Å²) in [5, 5.41) is 3.02. The van der Waals surface area contributed by atoms with Crippen LogP contribution < -0.4 is 5.32 Å². The van der Waals surface area contributed by atoms with E-state index in [-0.39, 0.29) is 24.3 Å². The third kappa shape index (κ3) is 3.04. The summed E-state index contributed by atoms with van der Waals surface area (Å²) in [6.07, 6.45) is 7.35. The number of aromatic nitrogens is 2. The molecule has 3 aliphatic rings. The number of carbonyl (C=O) groups excluding carboxylic acids is 3. The molecule has 0 saturated carbocycles. The number of nitrogens with zero attached hydrogens (tertiary/aromatic N) is 4. The molecule has 5 rings (SSSR count). The molecule has 3 amide bonds. The summed E-state index contributed by atoms with van der Waals surface area (Å²) >= 11 is 0. The van der Waals surface area contributed by atoms with Crippen molar-refractivity contribution in [3.05, 3.63) is 48.0 Å². The minimum Gasteiger partial charge on any atom is -0.336 e. The molecule has 1 spiro atoms. The molecule has 1 N–H and O–H groups in total. The average molecular weight is 422 g/mol. The molecule has 162 valence electrons. The SMILES string of the molecule is Cn1ccnc1[C@@H]1N(C(=O)CN2CCCCCC2=O)CC[C@]12C(=O)Nc1ccccc12. The van der Waals surface area contributed by atoms with Crippen molar-refractivity contribution in [2.24, 2.45) is 7.05 Å². The van der Waals surface area contributed by atoms with Crippen LogP contribution in [0.1, 0.15) is 49.5 Å². The van der Waals surface area contributed by atoms with Crippen molar-refractivity contribution >= 4 is 23.4 Å². The highest BCUT2D eigenvalue weighted by molar-refractivity contribution is 6.07. The maximum atomic E-state index is 13.5. The van der Waals surface area contributed by atoms with Gasteiger partial charge in [0.25, 0.3) is 0 Å². The summed E-state index contributed by atoms with van der Waals surface area (Å²) in [6.45, 7) is 1.11. The number of hydrogen-bond acceptors (Lipinski definition) is 4. The number of benzene rings is 1. The molecule has 0 bridgehead atoms. The summed E-state index contributed by atoms with van der Waals surface area (Å²) in [5.41, 5.74) is 0.826. The first kappa shape index (κ1) is 19.8. The number of nitrogens with one attached hydrogen (secondary N) is 1. The molecule has 0 radical (unpaired) electrons. The first-order valence-electron chi connectivity index (χ1n) is 11.0. The number of carbonyl (C=O) groups is 3. The van der Waals surface area contributed by atoms with Gasteiger partial charge in [0.15, 0.2) is 0 Å². The van der Waals surface area contributed by atoms with E-state index in [1.165, 1.54) is 0 Å². The van der Waals surface area contributed by atoms with Gasteiger partial charge in [-0.2, -0.15) is 0 Å². The highest BCUT2D eigenvalue weighted by atomic mass is 16.2. The van der Waals surface area contributed by atoms with E-state index >= 15 is 0 Å². The average Bonchev–Trinajstić information content (AvgIpc) is 3.39. The van der Waals surface area contributed by atoms with Crippen molar-refractivity contribution < 1.29 is 14.4 Å². The number of rotatable bonds is 3. The predicted molar refractivity (Wildman–Crippen MR) is 114 cm³/mol. The van der Waals surface area contributed by atoms with E-state index in [9.17, 15) is 14.4 Å². The molecule has 0 unspecified atom stereocenters. The Morgan fingerprint density at radius 1 is 1.19 bits per heavy atom. The van der Waals surface area contributed by atoms with Gasteiger partial charge in [-0.15, -0.1) is 0 Å². The lowest BCUT2D eigenvalue weighted by Gasteiger charge is -2.34. The van der Waals surface area contributed by atoms with Gasteiger partial charge in [-0.3, -0.25) is 14.4 Å². The van der Waals surface area contributed by atoms with Gasteiger partial charge in [-0.1, -0.05) is 24.6 Å². The van der Waals surface area contributed by atoms with Crippen LogP contribution >= 0.6 is 0 Å². The lowest BCUT2D eigenvalue weighted by atomic mass is 9.74. The fourth-order valence-corrected chi connectivity index (χ4v) is 5.41. The molecule has 2 fully saturated rings. The molecule has 4 heterocycles. The molecular weight excluding hydrogens is 394 g/mol. The standard InChI is InChI=1S/C23H27N5O3/c1-26-14-11-24-21(26)20-23(16-7-4-5-8-17(16)25-22(23)31)10-13-28(20)19(30)15-27-12-6-2-3-9-18(27)29/h4-5,7-8,11,14,20H,2-3,6,9-10,12-13,15H2,1H3,(H,25,31)/t20-,23+/m0/s1. The molecule has 2 saturated heterocycles. The third-order valence-corrected chi connectivity index (χ3v) is 7.01. The van der Waals surface area contributed by atoms with Gasteiger partial charge in [0.05, 0.1) is 6.54 Å². The smallest absolute Gasteiger partial charge is 0.242 e. The van der Waals surface area contributed by atoms with Gasteiger partial charge in [-0.25, -0.2) is 4.98 Å². The van der Waals surface area contributed by atoms with Crippen LogP contribution in [-0.4, -0.2) is 56.7 Å². The van der Waals surface area contributed by atoms with E-state index in [2.05, 4.69) is 10.3 Å². The molecule has 2 aromatic rings. The van der Waals surface area contributed by atoms with Crippen LogP contribution in [0.4, 0.5) is 5.69 Å². The fourth-order valence-electron chi connectivity index (χ4n) is 5.41. The molecule has 0 aliphatic carbocycles. The maximum Gasteiger partial charge on any atom is 0.242 e. The fraction of sp³-hybridized carbons (Fsp3) is 0.478. The Bertz CT molecular complexity index is 1050. The van der Waals surface area contributed by atoms with Gasteiger partial charge in [0, 0.05) is 44.6 Å². The number of anilines is 1. The van der Waals surface area contributed by atoms with Crippen molar-refractivity contribution in [3.63, 3.8) is 0 Å². The van der Waals surface area contributed by atoms with E-state index in [0.29, 0.717) is 31.8 Å². The van der Waals surface area contributed by atoms with Crippen LogP contribution in [0.5, 0.6) is 0 Å². The number of amides is 3. The molecular formula is C23H27N5O3. The van der Waals surface area contributed by atoms with Crippen LogP contribution in [-0.2, 0) is 26.8 Å². The number of imidazole rings is 1. The van der Waals surface area contributed by atoms with E-state index in [1.807, 2.05) is 42.1 Å². The highest BCUT2D eigenvalue weighted by Crippen LogP contribution is 2.54. The summed E-state index contributed by atoms with van der Waals surface area (Å²) in [7, 11) is 1.88. The second-order valence-corrected chi connectivity index (χ2v) is 8.73. The zero-order valence-corrected chi connectivity index (χ0v) is 17.7. The lowest BCUT2D eigenvalue weighted by molar-refractivity contribution is -0.141. The van der Waals surface area contributed by atoms with Crippen molar-refractivity contribution in [2.75, 3.05) is 25.0 Å². The van der Waals surface area contributed by atoms with E-state index in [0.717, 1.165) is 30.5 Å². The second kappa shape index (κ2) is 7.51. The molecule has 3 aliphatic heterocycles. The topological polar surface area (TPSA) is 87.5 Å². The van der Waals surface area contributed by atoms with E-state index in [1.54, 1.807) is 16.0 Å². The Morgan fingerprint density at radius 2 is 2.03 bits per heavy atom. The second-order valence-electron chi connectivity index (χ2n) is 8.73. The van der Waals surface area contributed by atoms with Crippen LogP contribution in [0.2, 0.25) is 0 Å². The first-order chi connectivity index (χ1) is 15.0. The lowest BCUT2D eigenvalue weighted by Crippen LogP contribution is -2.47. The van der Waals surface area contributed by atoms with Gasteiger partial charge in [0.1, 0.15) is 17.3 Å². The van der Waals surface area contributed by atoms with E-state index in [4.69, 9.17) is 0 Å². The predicted octanol–water partition coefficient (Wildman–Crippen LogP) is 1.99. The van der Waals surface area contributed by atoms with Gasteiger partial charge in [0.2, 0.25) is 17.7 Å². The maximum absolute atomic E-state index is 13.5. The Hall–Kier alpha value is -3.16. The molecule has 8 heteroatoms. The van der Waals surface area contributed by atoms with Crippen LogP contribution in [0.15, 0.2) is 36.7 Å². The zero-order chi connectivity index (χ0) is 21.6. The van der Waals surface area contributed by atoms with Crippen LogP contribution in [0, 0.1) is 0 Å². The Morgan fingerprint density at radius 3 is 2.84 bits per heavy atom. The highest BCUT2D eigenvalue weighted by Gasteiger charge is 2.60. The van der Waals surface area contributed by atoms with Crippen LogP contribution in [0.3, 0.4) is 0 Å². The number of fused-ring (bicyclic) bond motifs is 2. The molecule has 8 nitrogen and oxygen atoms in total. The normalized spacial score (nSPS) is 25.6. The van der Waals surface area contributed by atoms with Gasteiger partial charge < -0.3 is 19.7 Å². The number of para-hydroxylation sites is 1. The minimum absolute atomic E-state index is 0.0391. The quantitative estimate of drug-likeness (QED) is 0.821. The van der Waals surface area contributed by atoms with Crippen molar-refractivity contribution in [2.45, 2.75) is 43.6 Å². The molecule has 1 aromatic carbocycles. The van der Waals surface area contributed by atoms with E-state index < -0.39 is 11.5 Å². The Labute approximate surface area is 181 Å². The third-order valence-electron chi connectivity index (χ3n) is 7.01. The van der Waals surface area contributed by atoms with Crippen molar-refractivity contribution in [1.29, 1.82) is 0 Å². The monoisotopic (exact) mass is 421 g/mol. The molecule has 1 aromatic heterocycles. The Kier molecular flexibility index (Phi) is 4.79. The van der Waals surface area contributed by atoms with Gasteiger partial charge in [-0.05, 0) is 30.9 Å². The zero-order valence-electron chi connectivity index (χ0n) is 17.7. The summed E-state index contributed by atoms with van der Waals surface area (Å²) < 4.78 is 1.88. The first-order valence-corrected chi connectivity index (χ1v) is 11.0. The summed E-state index contributed by atoms with van der Waals surface area (Å²) in [4.78, 5) is 47.3. The summed E-state index contributed by atoms with van der Waals surface area (Å²) in [6, 6.07) is 7.17. The number of aryl methyl sites for hydroxylation is 1. The summed E-state index contributed by atoms with van der Waals surface area (Å²) in [5.74, 6) is 0.498. The van der Waals surface area contributed by atoms with Crippen molar-refractivity contribution in [3.8, 4) is 0 Å².